The molecular formula is C18H15NO3S. The van der Waals surface area contributed by atoms with Crippen LogP contribution in [-0.2, 0) is 9.47 Å². The first-order valence-corrected chi connectivity index (χ1v) is 8.24. The van der Waals surface area contributed by atoms with Crippen LogP contribution in [0, 0.1) is 0 Å². The van der Waals surface area contributed by atoms with Gasteiger partial charge in [-0.25, -0.2) is 4.98 Å². The van der Waals surface area contributed by atoms with Crippen molar-refractivity contribution in [3.63, 3.8) is 0 Å². The van der Waals surface area contributed by atoms with Gasteiger partial charge in [0.25, 0.3) is 0 Å². The largest absolute Gasteiger partial charge is 0.320 e. The quantitative estimate of drug-likeness (QED) is 0.663. The van der Waals surface area contributed by atoms with E-state index in [-0.39, 0.29) is 18.4 Å². The Balaban J connectivity index is 1.67. The zero-order valence-electron chi connectivity index (χ0n) is 12.8. The SMILES string of the molecule is CC(=O)c1ccc(-c2nc3ccc(C4OC(C)O4)cc3s2)cc1. The van der Waals surface area contributed by atoms with Crippen molar-refractivity contribution in [1.82, 2.24) is 4.98 Å². The number of Topliss-reactive ketones (excluding diaryl/α,β-unsaturated/α-hetero) is 1. The Morgan fingerprint density at radius 2 is 1.87 bits per heavy atom. The highest BCUT2D eigenvalue weighted by atomic mass is 32.1. The van der Waals surface area contributed by atoms with Crippen LogP contribution < -0.4 is 0 Å². The number of hydrogen-bond donors (Lipinski definition) is 0. The summed E-state index contributed by atoms with van der Waals surface area (Å²) >= 11 is 1.62. The number of hydrogen-bond acceptors (Lipinski definition) is 5. The Bertz CT molecular complexity index is 879. The molecule has 0 amide bonds. The maximum Gasteiger partial charge on any atom is 0.189 e. The molecule has 0 N–H and O–H groups in total. The van der Waals surface area contributed by atoms with E-state index in [1.54, 1.807) is 18.3 Å². The number of carbonyl (C=O) groups excluding carboxylic acids is 1. The standard InChI is InChI=1S/C18H15NO3S/c1-10(20)12-3-5-13(6-4-12)17-19-15-8-7-14(9-16(15)23-17)18-21-11(2)22-18/h3-9,11,18H,1-2H3. The monoisotopic (exact) mass is 325 g/mol. The van der Waals surface area contributed by atoms with E-state index in [1.165, 1.54) is 0 Å². The Kier molecular flexibility index (Phi) is 3.49. The van der Waals surface area contributed by atoms with E-state index in [0.717, 1.165) is 26.4 Å². The molecule has 1 aromatic heterocycles. The summed E-state index contributed by atoms with van der Waals surface area (Å²) in [5.74, 6) is 0.0696. The molecule has 1 saturated heterocycles. The molecule has 0 aliphatic carbocycles. The molecule has 4 nitrogen and oxygen atoms in total. The van der Waals surface area contributed by atoms with Crippen molar-refractivity contribution < 1.29 is 14.3 Å². The van der Waals surface area contributed by atoms with Gasteiger partial charge in [0.05, 0.1) is 10.2 Å². The van der Waals surface area contributed by atoms with E-state index < -0.39 is 0 Å². The minimum absolute atomic E-state index is 0.0696. The number of aromatic nitrogens is 1. The van der Waals surface area contributed by atoms with Gasteiger partial charge in [-0.05, 0) is 26.0 Å². The number of nitrogens with zero attached hydrogens (tertiary/aromatic N) is 1. The summed E-state index contributed by atoms with van der Waals surface area (Å²) in [6, 6.07) is 13.6. The minimum Gasteiger partial charge on any atom is -0.320 e. The van der Waals surface area contributed by atoms with Gasteiger partial charge in [0.1, 0.15) is 5.01 Å². The molecule has 3 aromatic rings. The van der Waals surface area contributed by atoms with E-state index in [9.17, 15) is 4.79 Å². The van der Waals surface area contributed by atoms with E-state index >= 15 is 0 Å². The molecule has 0 atom stereocenters. The summed E-state index contributed by atoms with van der Waals surface area (Å²) < 4.78 is 12.2. The predicted molar refractivity (Wildman–Crippen MR) is 89.4 cm³/mol. The Labute approximate surface area is 137 Å². The summed E-state index contributed by atoms with van der Waals surface area (Å²) in [6.45, 7) is 3.45. The smallest absolute Gasteiger partial charge is 0.189 e. The number of fused-ring (bicyclic) bond motifs is 1. The maximum absolute atomic E-state index is 11.4. The molecule has 5 heteroatoms. The second kappa shape index (κ2) is 5.53. The number of thiazole rings is 1. The van der Waals surface area contributed by atoms with Gasteiger partial charge in [-0.3, -0.25) is 4.79 Å². The predicted octanol–water partition coefficient (Wildman–Crippen LogP) is 4.56. The van der Waals surface area contributed by atoms with Crippen molar-refractivity contribution in [2.75, 3.05) is 0 Å². The van der Waals surface area contributed by atoms with Crippen LogP contribution in [0.15, 0.2) is 42.5 Å². The van der Waals surface area contributed by atoms with Crippen LogP contribution >= 0.6 is 11.3 Å². The lowest BCUT2D eigenvalue weighted by molar-refractivity contribution is -0.382. The molecule has 1 fully saturated rings. The van der Waals surface area contributed by atoms with Crippen LogP contribution in [0.3, 0.4) is 0 Å². The van der Waals surface area contributed by atoms with E-state index in [2.05, 4.69) is 11.1 Å². The van der Waals surface area contributed by atoms with Gasteiger partial charge in [0.2, 0.25) is 0 Å². The van der Waals surface area contributed by atoms with Gasteiger partial charge in [-0.15, -0.1) is 11.3 Å². The lowest BCUT2D eigenvalue weighted by Gasteiger charge is -2.33. The van der Waals surface area contributed by atoms with Gasteiger partial charge in [0, 0.05) is 16.7 Å². The molecule has 4 rings (SSSR count). The van der Waals surface area contributed by atoms with Crippen LogP contribution in [0.2, 0.25) is 0 Å². The van der Waals surface area contributed by atoms with Crippen LogP contribution in [0.1, 0.15) is 36.1 Å². The first-order valence-electron chi connectivity index (χ1n) is 7.43. The summed E-state index contributed by atoms with van der Waals surface area (Å²) in [5, 5.41) is 0.941. The molecular weight excluding hydrogens is 310 g/mol. The topological polar surface area (TPSA) is 48.4 Å². The summed E-state index contributed by atoms with van der Waals surface area (Å²) in [5.41, 5.74) is 3.70. The van der Waals surface area contributed by atoms with Gasteiger partial charge in [-0.1, -0.05) is 30.3 Å². The third kappa shape index (κ3) is 2.67. The maximum atomic E-state index is 11.4. The van der Waals surface area contributed by atoms with Crippen molar-refractivity contribution in [3.05, 3.63) is 53.6 Å². The van der Waals surface area contributed by atoms with Crippen molar-refractivity contribution in [3.8, 4) is 10.6 Å². The number of rotatable bonds is 3. The molecule has 0 saturated carbocycles. The van der Waals surface area contributed by atoms with E-state index in [1.807, 2.05) is 43.3 Å². The minimum atomic E-state index is -0.269. The molecule has 0 unspecified atom stereocenters. The molecule has 2 heterocycles. The van der Waals surface area contributed by atoms with Crippen LogP contribution in [0.4, 0.5) is 0 Å². The van der Waals surface area contributed by atoms with Gasteiger partial charge in [0.15, 0.2) is 18.4 Å². The lowest BCUT2D eigenvalue weighted by Crippen LogP contribution is -2.31. The van der Waals surface area contributed by atoms with Crippen LogP contribution in [-0.4, -0.2) is 17.1 Å². The zero-order valence-corrected chi connectivity index (χ0v) is 13.6. The average molecular weight is 325 g/mol. The third-order valence-electron chi connectivity index (χ3n) is 3.85. The molecule has 0 bridgehead atoms. The zero-order chi connectivity index (χ0) is 16.0. The van der Waals surface area contributed by atoms with Crippen LogP contribution in [0.25, 0.3) is 20.8 Å². The molecule has 23 heavy (non-hydrogen) atoms. The van der Waals surface area contributed by atoms with Crippen molar-refractivity contribution in [2.24, 2.45) is 0 Å². The fourth-order valence-corrected chi connectivity index (χ4v) is 3.59. The highest BCUT2D eigenvalue weighted by Crippen LogP contribution is 2.36. The Hall–Kier alpha value is -2.08. The Morgan fingerprint density at radius 3 is 2.52 bits per heavy atom. The van der Waals surface area contributed by atoms with Gasteiger partial charge < -0.3 is 9.47 Å². The molecule has 1 aliphatic heterocycles. The Morgan fingerprint density at radius 1 is 1.13 bits per heavy atom. The average Bonchev–Trinajstić information content (AvgIpc) is 2.95. The first-order chi connectivity index (χ1) is 11.1. The molecule has 116 valence electrons. The fraction of sp³-hybridized carbons (Fsp3) is 0.222. The summed E-state index contributed by atoms with van der Waals surface area (Å²) in [4.78, 5) is 16.0. The van der Waals surface area contributed by atoms with E-state index in [0.29, 0.717) is 5.56 Å². The molecule has 0 spiro atoms. The van der Waals surface area contributed by atoms with Crippen molar-refractivity contribution in [1.29, 1.82) is 0 Å². The number of ether oxygens (including phenoxy) is 2. The second-order valence-electron chi connectivity index (χ2n) is 5.55. The van der Waals surface area contributed by atoms with Crippen molar-refractivity contribution in [2.45, 2.75) is 26.4 Å². The summed E-state index contributed by atoms with van der Waals surface area (Å²) in [7, 11) is 0. The fourth-order valence-electron chi connectivity index (χ4n) is 2.57. The summed E-state index contributed by atoms with van der Waals surface area (Å²) in [6.07, 6.45) is -0.401. The highest BCUT2D eigenvalue weighted by Gasteiger charge is 2.28. The van der Waals surface area contributed by atoms with E-state index in [4.69, 9.17) is 9.47 Å². The molecule has 0 radical (unpaired) electrons. The normalized spacial score (nSPS) is 20.4. The van der Waals surface area contributed by atoms with Gasteiger partial charge >= 0.3 is 0 Å². The van der Waals surface area contributed by atoms with Crippen LogP contribution in [0.5, 0.6) is 0 Å². The number of carbonyl (C=O) groups is 1. The molecule has 2 aromatic carbocycles. The number of benzene rings is 2. The lowest BCUT2D eigenvalue weighted by atomic mass is 10.1. The highest BCUT2D eigenvalue weighted by molar-refractivity contribution is 7.21. The van der Waals surface area contributed by atoms with Gasteiger partial charge in [-0.2, -0.15) is 0 Å². The number of ketones is 1. The second-order valence-corrected chi connectivity index (χ2v) is 6.58. The molecule has 1 aliphatic rings. The van der Waals surface area contributed by atoms with Crippen molar-refractivity contribution >= 4 is 27.3 Å². The third-order valence-corrected chi connectivity index (χ3v) is 4.92. The first kappa shape index (κ1) is 14.5.